The fraction of sp³-hybridized carbons (Fsp3) is 0.286. The van der Waals surface area contributed by atoms with Gasteiger partial charge in [-0.2, -0.15) is 0 Å². The summed E-state index contributed by atoms with van der Waals surface area (Å²) in [6.07, 6.45) is 1.87. The first-order chi connectivity index (χ1) is 14.2. The van der Waals surface area contributed by atoms with Crippen molar-refractivity contribution in [3.63, 3.8) is 0 Å². The molecule has 2 aromatic carbocycles. The van der Waals surface area contributed by atoms with Gasteiger partial charge in [-0.25, -0.2) is 9.48 Å². The number of benzene rings is 2. The summed E-state index contributed by atoms with van der Waals surface area (Å²) in [5.41, 5.74) is 1.42. The predicted octanol–water partition coefficient (Wildman–Crippen LogP) is 3.34. The van der Waals surface area contributed by atoms with E-state index in [0.29, 0.717) is 37.7 Å². The Bertz CT molecular complexity index is 954. The fourth-order valence-electron chi connectivity index (χ4n) is 3.07. The Morgan fingerprint density at radius 1 is 1.10 bits per heavy atom. The Kier molecular flexibility index (Phi) is 5.60. The minimum absolute atomic E-state index is 0.112. The Morgan fingerprint density at radius 3 is 2.66 bits per heavy atom. The number of nitrogens with zero attached hydrogens (tertiary/aromatic N) is 4. The van der Waals surface area contributed by atoms with Gasteiger partial charge in [0, 0.05) is 13.1 Å². The lowest BCUT2D eigenvalue weighted by atomic mass is 10.1. The summed E-state index contributed by atoms with van der Waals surface area (Å²) in [5.74, 6) is 1.46. The van der Waals surface area contributed by atoms with E-state index in [-0.39, 0.29) is 12.1 Å². The lowest BCUT2D eigenvalue weighted by molar-refractivity contribution is 0.127. The second-order valence-corrected chi connectivity index (χ2v) is 6.71. The number of para-hydroxylation sites is 3. The van der Waals surface area contributed by atoms with Gasteiger partial charge in [0.2, 0.25) is 0 Å². The molecule has 8 nitrogen and oxygen atoms in total. The largest absolute Gasteiger partial charge is 0.492 e. The van der Waals surface area contributed by atoms with E-state index in [1.807, 2.05) is 67.7 Å². The maximum Gasteiger partial charge on any atom is 0.322 e. The molecule has 29 heavy (non-hydrogen) atoms. The SMILES string of the molecule is CCOc1ccccc1NC(=O)N1CC(n2cc(COc3ccccc3)nn2)C1. The van der Waals surface area contributed by atoms with Crippen molar-refractivity contribution in [2.45, 2.75) is 19.6 Å². The molecule has 2 amide bonds. The van der Waals surface area contributed by atoms with Gasteiger partial charge in [0.1, 0.15) is 23.8 Å². The first-order valence-electron chi connectivity index (χ1n) is 9.59. The van der Waals surface area contributed by atoms with Crippen molar-refractivity contribution in [3.8, 4) is 11.5 Å². The molecule has 1 N–H and O–H groups in total. The molecule has 0 atom stereocenters. The van der Waals surface area contributed by atoms with E-state index >= 15 is 0 Å². The molecule has 0 radical (unpaired) electrons. The van der Waals surface area contributed by atoms with Crippen LogP contribution in [0.2, 0.25) is 0 Å². The normalized spacial score (nSPS) is 13.6. The van der Waals surface area contributed by atoms with Crippen LogP contribution in [0, 0.1) is 0 Å². The average Bonchev–Trinajstić information content (AvgIpc) is 3.16. The predicted molar refractivity (Wildman–Crippen MR) is 108 cm³/mol. The van der Waals surface area contributed by atoms with Crippen molar-refractivity contribution in [1.82, 2.24) is 19.9 Å². The number of nitrogens with one attached hydrogen (secondary N) is 1. The maximum absolute atomic E-state index is 12.5. The number of hydrogen-bond donors (Lipinski definition) is 1. The van der Waals surface area contributed by atoms with Gasteiger partial charge < -0.3 is 19.7 Å². The number of urea groups is 1. The summed E-state index contributed by atoms with van der Waals surface area (Å²) in [7, 11) is 0. The standard InChI is InChI=1S/C21H23N5O3/c1-2-28-20-11-7-6-10-19(20)22-21(27)25-13-17(14-25)26-12-16(23-24-26)15-29-18-8-4-3-5-9-18/h3-12,17H,2,13-15H2,1H3,(H,22,27). The molecule has 4 rings (SSSR count). The smallest absolute Gasteiger partial charge is 0.322 e. The number of anilines is 1. The third-order valence-electron chi connectivity index (χ3n) is 4.64. The lowest BCUT2D eigenvalue weighted by Crippen LogP contribution is -2.52. The van der Waals surface area contributed by atoms with Crippen LogP contribution in [-0.2, 0) is 6.61 Å². The van der Waals surface area contributed by atoms with Gasteiger partial charge in [-0.15, -0.1) is 5.10 Å². The second-order valence-electron chi connectivity index (χ2n) is 6.71. The Balaban J connectivity index is 1.28. The summed E-state index contributed by atoms with van der Waals surface area (Å²) in [6.45, 7) is 3.96. The number of hydrogen-bond acceptors (Lipinski definition) is 5. The molecular weight excluding hydrogens is 370 g/mol. The van der Waals surface area contributed by atoms with Crippen LogP contribution in [-0.4, -0.2) is 45.6 Å². The molecule has 3 aromatic rings. The van der Waals surface area contributed by atoms with Crippen LogP contribution in [0.4, 0.5) is 10.5 Å². The van der Waals surface area contributed by atoms with E-state index in [1.54, 1.807) is 9.58 Å². The lowest BCUT2D eigenvalue weighted by Gasteiger charge is -2.38. The summed E-state index contributed by atoms with van der Waals surface area (Å²) < 4.78 is 13.0. The van der Waals surface area contributed by atoms with Crippen LogP contribution in [0.25, 0.3) is 0 Å². The average molecular weight is 393 g/mol. The Labute approximate surface area is 169 Å². The van der Waals surface area contributed by atoms with E-state index in [2.05, 4.69) is 15.6 Å². The highest BCUT2D eigenvalue weighted by atomic mass is 16.5. The third kappa shape index (κ3) is 4.48. The molecule has 0 unspecified atom stereocenters. The van der Waals surface area contributed by atoms with Crippen molar-refractivity contribution >= 4 is 11.7 Å². The van der Waals surface area contributed by atoms with Gasteiger partial charge in [0.15, 0.2) is 0 Å². The van der Waals surface area contributed by atoms with E-state index in [9.17, 15) is 4.79 Å². The molecule has 0 spiro atoms. The van der Waals surface area contributed by atoms with Crippen LogP contribution >= 0.6 is 0 Å². The Morgan fingerprint density at radius 2 is 1.86 bits per heavy atom. The highest BCUT2D eigenvalue weighted by Crippen LogP contribution is 2.26. The molecule has 8 heteroatoms. The molecule has 150 valence electrons. The van der Waals surface area contributed by atoms with Crippen molar-refractivity contribution in [1.29, 1.82) is 0 Å². The van der Waals surface area contributed by atoms with Gasteiger partial charge in [0.05, 0.1) is 24.5 Å². The summed E-state index contributed by atoms with van der Waals surface area (Å²) >= 11 is 0. The highest BCUT2D eigenvalue weighted by molar-refractivity contribution is 5.91. The van der Waals surface area contributed by atoms with Crippen LogP contribution in [0.1, 0.15) is 18.7 Å². The molecule has 1 aromatic heterocycles. The fourth-order valence-corrected chi connectivity index (χ4v) is 3.07. The molecule has 1 fully saturated rings. The molecule has 1 saturated heterocycles. The number of carbonyl (C=O) groups excluding carboxylic acids is 1. The van der Waals surface area contributed by atoms with Crippen LogP contribution in [0.3, 0.4) is 0 Å². The molecule has 1 aliphatic rings. The molecule has 0 saturated carbocycles. The number of amides is 2. The Hall–Kier alpha value is -3.55. The summed E-state index contributed by atoms with van der Waals surface area (Å²) in [4.78, 5) is 14.2. The molecule has 1 aliphatic heterocycles. The van der Waals surface area contributed by atoms with Gasteiger partial charge in [-0.3, -0.25) is 0 Å². The zero-order chi connectivity index (χ0) is 20.1. The first-order valence-corrected chi connectivity index (χ1v) is 9.59. The quantitative estimate of drug-likeness (QED) is 0.666. The van der Waals surface area contributed by atoms with Crippen LogP contribution in [0.5, 0.6) is 11.5 Å². The number of rotatable bonds is 7. The van der Waals surface area contributed by atoms with Crippen LogP contribution < -0.4 is 14.8 Å². The van der Waals surface area contributed by atoms with E-state index < -0.39 is 0 Å². The van der Waals surface area contributed by atoms with Gasteiger partial charge in [-0.1, -0.05) is 35.5 Å². The van der Waals surface area contributed by atoms with Gasteiger partial charge in [-0.05, 0) is 31.2 Å². The van der Waals surface area contributed by atoms with E-state index in [0.717, 1.165) is 11.4 Å². The topological polar surface area (TPSA) is 81.5 Å². The number of carbonyl (C=O) groups is 1. The van der Waals surface area contributed by atoms with E-state index in [1.165, 1.54) is 0 Å². The third-order valence-corrected chi connectivity index (χ3v) is 4.64. The highest BCUT2D eigenvalue weighted by Gasteiger charge is 2.33. The monoisotopic (exact) mass is 393 g/mol. The number of ether oxygens (including phenoxy) is 2. The number of likely N-dealkylation sites (tertiary alicyclic amines) is 1. The van der Waals surface area contributed by atoms with Crippen molar-refractivity contribution in [2.75, 3.05) is 25.0 Å². The molecule has 0 aliphatic carbocycles. The van der Waals surface area contributed by atoms with Gasteiger partial charge in [0.25, 0.3) is 0 Å². The van der Waals surface area contributed by atoms with Crippen molar-refractivity contribution in [3.05, 3.63) is 66.5 Å². The minimum Gasteiger partial charge on any atom is -0.492 e. The molecule has 2 heterocycles. The number of aromatic nitrogens is 3. The van der Waals surface area contributed by atoms with Crippen molar-refractivity contribution in [2.24, 2.45) is 0 Å². The zero-order valence-electron chi connectivity index (χ0n) is 16.2. The molecule has 0 bridgehead atoms. The van der Waals surface area contributed by atoms with Crippen LogP contribution in [0.15, 0.2) is 60.8 Å². The van der Waals surface area contributed by atoms with E-state index in [4.69, 9.17) is 9.47 Å². The second kappa shape index (κ2) is 8.64. The first kappa shape index (κ1) is 18.8. The summed E-state index contributed by atoms with van der Waals surface area (Å²) in [6, 6.07) is 17.0. The van der Waals surface area contributed by atoms with Gasteiger partial charge >= 0.3 is 6.03 Å². The minimum atomic E-state index is -0.152. The zero-order valence-corrected chi connectivity index (χ0v) is 16.2. The van der Waals surface area contributed by atoms with Crippen molar-refractivity contribution < 1.29 is 14.3 Å². The maximum atomic E-state index is 12.5. The molecular formula is C21H23N5O3. The summed E-state index contributed by atoms with van der Waals surface area (Å²) in [5, 5.41) is 11.2.